The number of rotatable bonds is 4. The average Bonchev–Trinajstić information content (AvgIpc) is 2.68. The van der Waals surface area contributed by atoms with Gasteiger partial charge in [0.05, 0.1) is 31.3 Å². The highest BCUT2D eigenvalue weighted by atomic mass is 35.5. The standard InChI is InChI=1S/C24H25Cl2NO5S/c1-13-19(23(29)32-24(3,4)5)20(17-7-6-8-18(25)21(17)26)22(14(2)27-13)33(30,31)16-11-9-15(28)10-12-16/h6-12,20,27-28H,1-5H3. The monoisotopic (exact) mass is 509 g/mol. The highest BCUT2D eigenvalue weighted by Gasteiger charge is 2.42. The molecule has 0 saturated heterocycles. The Bertz CT molecular complexity index is 1270. The lowest BCUT2D eigenvalue weighted by Crippen LogP contribution is -2.34. The second-order valence-electron chi connectivity index (χ2n) is 8.73. The highest BCUT2D eigenvalue weighted by molar-refractivity contribution is 7.95. The van der Waals surface area contributed by atoms with E-state index in [0.29, 0.717) is 17.0 Å². The molecule has 0 amide bonds. The van der Waals surface area contributed by atoms with E-state index in [-0.39, 0.29) is 31.2 Å². The molecular weight excluding hydrogens is 485 g/mol. The van der Waals surface area contributed by atoms with Crippen LogP contribution in [-0.4, -0.2) is 25.1 Å². The molecule has 0 fully saturated rings. The van der Waals surface area contributed by atoms with Gasteiger partial charge in [-0.05, 0) is 70.5 Å². The maximum absolute atomic E-state index is 13.8. The Morgan fingerprint density at radius 3 is 2.21 bits per heavy atom. The minimum absolute atomic E-state index is 0.0392. The van der Waals surface area contributed by atoms with Crippen LogP contribution in [0.3, 0.4) is 0 Å². The van der Waals surface area contributed by atoms with Gasteiger partial charge in [0.25, 0.3) is 0 Å². The van der Waals surface area contributed by atoms with Gasteiger partial charge in [0.15, 0.2) is 0 Å². The molecule has 0 radical (unpaired) electrons. The minimum Gasteiger partial charge on any atom is -0.508 e. The number of allylic oxidation sites excluding steroid dienone is 3. The third-order valence-corrected chi connectivity index (χ3v) is 7.89. The SMILES string of the molecule is CC1=C(C(=O)OC(C)(C)C)C(c2cccc(Cl)c2Cl)C(S(=O)(=O)c2ccc(O)cc2)=C(C)N1. The molecule has 0 spiro atoms. The maximum atomic E-state index is 13.8. The summed E-state index contributed by atoms with van der Waals surface area (Å²) in [5.74, 6) is -1.80. The molecule has 176 valence electrons. The Morgan fingerprint density at radius 1 is 1.03 bits per heavy atom. The minimum atomic E-state index is -4.13. The molecule has 0 saturated carbocycles. The summed E-state index contributed by atoms with van der Waals surface area (Å²) >= 11 is 12.8. The first-order valence-electron chi connectivity index (χ1n) is 10.1. The molecule has 2 aromatic rings. The quantitative estimate of drug-likeness (QED) is 0.512. The Hall–Kier alpha value is -2.48. The number of nitrogens with one attached hydrogen (secondary N) is 1. The second kappa shape index (κ2) is 9.05. The van der Waals surface area contributed by atoms with E-state index < -0.39 is 27.3 Å². The van der Waals surface area contributed by atoms with Gasteiger partial charge in [0.1, 0.15) is 11.4 Å². The van der Waals surface area contributed by atoms with Crippen LogP contribution in [0.1, 0.15) is 46.1 Å². The van der Waals surface area contributed by atoms with Crippen LogP contribution < -0.4 is 5.32 Å². The van der Waals surface area contributed by atoms with E-state index in [1.165, 1.54) is 24.3 Å². The summed E-state index contributed by atoms with van der Waals surface area (Å²) in [5, 5.41) is 13.0. The van der Waals surface area contributed by atoms with Gasteiger partial charge in [-0.1, -0.05) is 35.3 Å². The zero-order chi connectivity index (χ0) is 24.7. The lowest BCUT2D eigenvalue weighted by molar-refractivity contribution is -0.150. The molecule has 0 aromatic heterocycles. The predicted octanol–water partition coefficient (Wildman–Crippen LogP) is 5.71. The van der Waals surface area contributed by atoms with Crippen molar-refractivity contribution in [2.24, 2.45) is 0 Å². The van der Waals surface area contributed by atoms with Gasteiger partial charge in [-0.3, -0.25) is 0 Å². The molecule has 2 aromatic carbocycles. The van der Waals surface area contributed by atoms with Gasteiger partial charge in [0, 0.05) is 11.4 Å². The van der Waals surface area contributed by atoms with Crippen molar-refractivity contribution in [3.63, 3.8) is 0 Å². The Morgan fingerprint density at radius 2 is 1.64 bits per heavy atom. The van der Waals surface area contributed by atoms with Crippen molar-refractivity contribution < 1.29 is 23.1 Å². The third-order valence-electron chi connectivity index (χ3n) is 5.05. The molecule has 2 N–H and O–H groups in total. The van der Waals surface area contributed by atoms with Crippen LogP contribution in [-0.2, 0) is 19.4 Å². The van der Waals surface area contributed by atoms with Crippen molar-refractivity contribution in [1.82, 2.24) is 5.32 Å². The number of sulfone groups is 1. The van der Waals surface area contributed by atoms with Crippen molar-refractivity contribution in [3.05, 3.63) is 79.9 Å². The number of phenolic OH excluding ortho intramolecular Hbond substituents is 1. The van der Waals surface area contributed by atoms with Crippen LogP contribution in [0.4, 0.5) is 0 Å². The van der Waals surface area contributed by atoms with E-state index in [2.05, 4.69) is 5.32 Å². The second-order valence-corrected chi connectivity index (χ2v) is 11.4. The van der Waals surface area contributed by atoms with Crippen molar-refractivity contribution in [1.29, 1.82) is 0 Å². The van der Waals surface area contributed by atoms with Crippen molar-refractivity contribution in [3.8, 4) is 5.75 Å². The molecule has 33 heavy (non-hydrogen) atoms. The highest BCUT2D eigenvalue weighted by Crippen LogP contribution is 2.46. The topological polar surface area (TPSA) is 92.7 Å². The number of dihydropyridines is 1. The summed E-state index contributed by atoms with van der Waals surface area (Å²) in [6.45, 7) is 8.49. The van der Waals surface area contributed by atoms with E-state index in [1.54, 1.807) is 52.8 Å². The van der Waals surface area contributed by atoms with Gasteiger partial charge in [0.2, 0.25) is 9.84 Å². The predicted molar refractivity (Wildman–Crippen MR) is 129 cm³/mol. The number of ether oxygens (including phenoxy) is 1. The summed E-state index contributed by atoms with van der Waals surface area (Å²) in [5.41, 5.74) is 0.472. The molecule has 9 heteroatoms. The summed E-state index contributed by atoms with van der Waals surface area (Å²) < 4.78 is 33.3. The van der Waals surface area contributed by atoms with Crippen LogP contribution in [0.2, 0.25) is 10.0 Å². The summed E-state index contributed by atoms with van der Waals surface area (Å²) in [6, 6.07) is 10.1. The van der Waals surface area contributed by atoms with E-state index in [1.807, 2.05) is 0 Å². The molecule has 1 unspecified atom stereocenters. The lowest BCUT2D eigenvalue weighted by Gasteiger charge is -2.33. The van der Waals surface area contributed by atoms with Gasteiger partial charge in [-0.15, -0.1) is 0 Å². The zero-order valence-corrected chi connectivity index (χ0v) is 21.2. The van der Waals surface area contributed by atoms with E-state index >= 15 is 0 Å². The molecular formula is C24H25Cl2NO5S. The smallest absolute Gasteiger partial charge is 0.337 e. The molecule has 1 aliphatic heterocycles. The number of hydrogen-bond donors (Lipinski definition) is 2. The zero-order valence-electron chi connectivity index (χ0n) is 18.9. The Kier molecular flexibility index (Phi) is 6.89. The number of aromatic hydroxyl groups is 1. The molecule has 0 aliphatic carbocycles. The Labute approximate surface area is 203 Å². The van der Waals surface area contributed by atoms with Crippen LogP contribution in [0.5, 0.6) is 5.75 Å². The number of carbonyl (C=O) groups is 1. The van der Waals surface area contributed by atoms with E-state index in [4.69, 9.17) is 27.9 Å². The fourth-order valence-corrected chi connectivity index (χ4v) is 5.90. The molecule has 1 atom stereocenters. The fourth-order valence-electron chi connectivity index (χ4n) is 3.73. The molecule has 1 aliphatic rings. The normalized spacial score (nSPS) is 17.1. The van der Waals surface area contributed by atoms with Crippen molar-refractivity contribution in [2.75, 3.05) is 0 Å². The first kappa shape index (κ1) is 25.1. The van der Waals surface area contributed by atoms with Crippen LogP contribution in [0, 0.1) is 0 Å². The maximum Gasteiger partial charge on any atom is 0.337 e. The number of benzene rings is 2. The number of phenols is 1. The van der Waals surface area contributed by atoms with Gasteiger partial charge in [-0.25, -0.2) is 13.2 Å². The molecule has 0 bridgehead atoms. The number of hydrogen-bond acceptors (Lipinski definition) is 6. The summed E-state index contributed by atoms with van der Waals surface area (Å²) in [4.78, 5) is 13.2. The van der Waals surface area contributed by atoms with Gasteiger partial charge < -0.3 is 15.2 Å². The third kappa shape index (κ3) is 5.05. The van der Waals surface area contributed by atoms with Gasteiger partial charge in [-0.2, -0.15) is 0 Å². The van der Waals surface area contributed by atoms with Crippen LogP contribution in [0.15, 0.2) is 69.2 Å². The molecule has 1 heterocycles. The van der Waals surface area contributed by atoms with Crippen molar-refractivity contribution >= 4 is 39.0 Å². The fraction of sp³-hybridized carbons (Fsp3) is 0.292. The summed E-state index contributed by atoms with van der Waals surface area (Å²) in [7, 11) is -4.13. The molecule has 3 rings (SSSR count). The molecule has 6 nitrogen and oxygen atoms in total. The largest absolute Gasteiger partial charge is 0.508 e. The van der Waals surface area contributed by atoms with E-state index in [0.717, 1.165) is 0 Å². The average molecular weight is 510 g/mol. The van der Waals surface area contributed by atoms with Gasteiger partial charge >= 0.3 is 5.97 Å². The van der Waals surface area contributed by atoms with Crippen LogP contribution >= 0.6 is 23.2 Å². The lowest BCUT2D eigenvalue weighted by atomic mass is 9.86. The first-order chi connectivity index (χ1) is 15.2. The summed E-state index contributed by atoms with van der Waals surface area (Å²) in [6.07, 6.45) is 0. The number of carbonyl (C=O) groups excluding carboxylic acids is 1. The van der Waals surface area contributed by atoms with E-state index in [9.17, 15) is 18.3 Å². The van der Waals surface area contributed by atoms with Crippen LogP contribution in [0.25, 0.3) is 0 Å². The Balaban J connectivity index is 2.31. The van der Waals surface area contributed by atoms with Crippen molar-refractivity contribution in [2.45, 2.75) is 51.0 Å². The first-order valence-corrected chi connectivity index (χ1v) is 12.4. The number of esters is 1. The number of halogens is 2.